The zero-order chi connectivity index (χ0) is 11.1. The Hall–Kier alpha value is -0.865. The Labute approximate surface area is 95.7 Å². The predicted octanol–water partition coefficient (Wildman–Crippen LogP) is 1.28. The fraction of sp³-hybridized carbons (Fsp3) is 0.583. The van der Waals surface area contributed by atoms with E-state index in [1.807, 2.05) is 6.92 Å². The lowest BCUT2D eigenvalue weighted by molar-refractivity contribution is -0.283. The fourth-order valence-electron chi connectivity index (χ4n) is 2.95. The smallest absolute Gasteiger partial charge is 0.184 e. The molecule has 0 saturated heterocycles. The molecule has 0 aromatic carbocycles. The summed E-state index contributed by atoms with van der Waals surface area (Å²) < 4.78 is 0. The molecule has 0 bridgehead atoms. The molecule has 0 N–H and O–H groups in total. The molecule has 0 aromatic rings. The molecule has 0 amide bonds. The first-order chi connectivity index (χ1) is 7.85. The summed E-state index contributed by atoms with van der Waals surface area (Å²) in [7, 11) is 2.17. The molecule has 3 rings (SSSR count). The maximum atomic E-state index is 10.8. The summed E-state index contributed by atoms with van der Waals surface area (Å²) in [5.41, 5.74) is 3.94. The second-order valence-corrected chi connectivity index (χ2v) is 4.62. The Morgan fingerprint density at radius 2 is 2.44 bits per heavy atom. The van der Waals surface area contributed by atoms with E-state index < -0.39 is 0 Å². The highest BCUT2D eigenvalue weighted by atomic mass is 17.2. The minimum absolute atomic E-state index is 0.288. The molecule has 2 aliphatic carbocycles. The van der Waals surface area contributed by atoms with Gasteiger partial charge >= 0.3 is 0 Å². The van der Waals surface area contributed by atoms with E-state index in [9.17, 15) is 4.79 Å². The predicted molar refractivity (Wildman–Crippen MR) is 59.6 cm³/mol. The first-order valence-corrected chi connectivity index (χ1v) is 5.83. The first kappa shape index (κ1) is 10.3. The number of carbonyl (C=O) groups excluding carboxylic acids is 1. The van der Waals surface area contributed by atoms with Gasteiger partial charge in [-0.05, 0) is 25.2 Å². The van der Waals surface area contributed by atoms with Crippen LogP contribution in [0.1, 0.15) is 13.3 Å². The molecule has 1 aliphatic heterocycles. The lowest BCUT2D eigenvalue weighted by atomic mass is 9.64. The Balaban J connectivity index is 1.57. The van der Waals surface area contributed by atoms with Crippen molar-refractivity contribution in [1.29, 1.82) is 0 Å². The summed E-state index contributed by atoms with van der Waals surface area (Å²) in [6.07, 6.45) is 4.36. The average Bonchev–Trinajstić information content (AvgIpc) is 2.63. The van der Waals surface area contributed by atoms with Gasteiger partial charge in [0, 0.05) is 5.92 Å². The van der Waals surface area contributed by atoms with Crippen molar-refractivity contribution in [2.45, 2.75) is 13.3 Å². The van der Waals surface area contributed by atoms with Crippen LogP contribution in [-0.4, -0.2) is 26.8 Å². The van der Waals surface area contributed by atoms with Crippen LogP contribution in [-0.2, 0) is 14.6 Å². The van der Waals surface area contributed by atoms with E-state index in [4.69, 9.17) is 9.78 Å². The molecule has 0 aromatic heterocycles. The summed E-state index contributed by atoms with van der Waals surface area (Å²) in [6, 6.07) is 0. The van der Waals surface area contributed by atoms with Crippen molar-refractivity contribution in [1.82, 2.24) is 0 Å². The number of fused-ring (bicyclic) bond motifs is 2. The van der Waals surface area contributed by atoms with Crippen LogP contribution in [0.15, 0.2) is 22.6 Å². The highest BCUT2D eigenvalue weighted by Gasteiger charge is 2.56. The topological polar surface area (TPSA) is 35.5 Å². The third-order valence-corrected chi connectivity index (χ3v) is 3.70. The van der Waals surface area contributed by atoms with Crippen LogP contribution in [0.3, 0.4) is 0 Å². The van der Waals surface area contributed by atoms with Gasteiger partial charge in [0.25, 0.3) is 0 Å². The summed E-state index contributed by atoms with van der Waals surface area (Å²) in [5.74, 6) is 1.40. The standard InChI is InChI=1S/C12H14BO3/c1-2-15-16-6-8-3-7-4-9-10(5-14)11(9)12(7)13-8/h3,5,9-11H,2,4,6H2,1H3. The Morgan fingerprint density at radius 3 is 3.19 bits per heavy atom. The molecule has 1 radical (unpaired) electrons. The summed E-state index contributed by atoms with van der Waals surface area (Å²) in [5, 5.41) is 0. The molecule has 83 valence electrons. The van der Waals surface area contributed by atoms with Gasteiger partial charge in [0.2, 0.25) is 0 Å². The van der Waals surface area contributed by atoms with Gasteiger partial charge < -0.3 is 4.79 Å². The quantitative estimate of drug-likeness (QED) is 0.229. The maximum absolute atomic E-state index is 10.8. The van der Waals surface area contributed by atoms with E-state index in [1.165, 1.54) is 11.0 Å². The maximum Gasteiger partial charge on any atom is 0.184 e. The molecule has 0 spiro atoms. The number of rotatable bonds is 5. The molecule has 3 nitrogen and oxygen atoms in total. The van der Waals surface area contributed by atoms with Crippen molar-refractivity contribution in [3.05, 3.63) is 22.6 Å². The van der Waals surface area contributed by atoms with Gasteiger partial charge in [-0.2, -0.15) is 0 Å². The molecule has 3 aliphatic rings. The lowest BCUT2D eigenvalue weighted by Gasteiger charge is -2.03. The molecule has 1 heterocycles. The van der Waals surface area contributed by atoms with Crippen LogP contribution < -0.4 is 0 Å². The molecule has 16 heavy (non-hydrogen) atoms. The van der Waals surface area contributed by atoms with E-state index in [0.29, 0.717) is 25.0 Å². The lowest BCUT2D eigenvalue weighted by Crippen LogP contribution is -2.06. The number of hydrogen-bond donors (Lipinski definition) is 0. The van der Waals surface area contributed by atoms with Gasteiger partial charge in [0.15, 0.2) is 7.28 Å². The zero-order valence-corrected chi connectivity index (χ0v) is 9.31. The van der Waals surface area contributed by atoms with E-state index in [0.717, 1.165) is 18.2 Å². The minimum Gasteiger partial charge on any atom is -0.303 e. The minimum atomic E-state index is 0.288. The van der Waals surface area contributed by atoms with Gasteiger partial charge in [-0.1, -0.05) is 22.6 Å². The van der Waals surface area contributed by atoms with Crippen LogP contribution in [0.25, 0.3) is 0 Å². The van der Waals surface area contributed by atoms with Gasteiger partial charge in [-0.3, -0.25) is 0 Å². The number of hydrogen-bond acceptors (Lipinski definition) is 3. The largest absolute Gasteiger partial charge is 0.303 e. The van der Waals surface area contributed by atoms with Gasteiger partial charge in [-0.25, -0.2) is 9.78 Å². The van der Waals surface area contributed by atoms with Crippen LogP contribution in [0.2, 0.25) is 0 Å². The van der Waals surface area contributed by atoms with Gasteiger partial charge in [0.1, 0.15) is 6.29 Å². The van der Waals surface area contributed by atoms with E-state index in [2.05, 4.69) is 13.4 Å². The SMILES string of the molecule is CCOOCC1=CC2=C([B]1)C1C(C=O)C1C2. The van der Waals surface area contributed by atoms with Gasteiger partial charge in [0.05, 0.1) is 13.2 Å². The van der Waals surface area contributed by atoms with Crippen molar-refractivity contribution < 1.29 is 14.6 Å². The third kappa shape index (κ3) is 1.48. The van der Waals surface area contributed by atoms with Crippen molar-refractivity contribution in [2.24, 2.45) is 17.8 Å². The van der Waals surface area contributed by atoms with E-state index >= 15 is 0 Å². The Kier molecular flexibility index (Phi) is 2.48. The third-order valence-electron chi connectivity index (χ3n) is 3.70. The molecule has 1 saturated carbocycles. The number of aldehydes is 1. The molecule has 3 atom stereocenters. The van der Waals surface area contributed by atoms with Crippen LogP contribution in [0.5, 0.6) is 0 Å². The number of allylic oxidation sites excluding steroid dienone is 3. The monoisotopic (exact) mass is 217 g/mol. The zero-order valence-electron chi connectivity index (χ0n) is 9.31. The Morgan fingerprint density at radius 1 is 1.56 bits per heavy atom. The van der Waals surface area contributed by atoms with E-state index in [1.54, 1.807) is 0 Å². The molecular weight excluding hydrogens is 203 g/mol. The highest BCUT2D eigenvalue weighted by molar-refractivity contribution is 6.56. The molecule has 3 unspecified atom stereocenters. The van der Waals surface area contributed by atoms with Crippen LogP contribution in [0, 0.1) is 17.8 Å². The average molecular weight is 217 g/mol. The van der Waals surface area contributed by atoms with Gasteiger partial charge in [-0.15, -0.1) is 0 Å². The summed E-state index contributed by atoms with van der Waals surface area (Å²) in [4.78, 5) is 20.7. The van der Waals surface area contributed by atoms with Crippen molar-refractivity contribution in [3.63, 3.8) is 0 Å². The summed E-state index contributed by atoms with van der Waals surface area (Å²) in [6.45, 7) is 2.97. The molecule has 1 fully saturated rings. The first-order valence-electron chi connectivity index (χ1n) is 5.83. The fourth-order valence-corrected chi connectivity index (χ4v) is 2.95. The van der Waals surface area contributed by atoms with Crippen molar-refractivity contribution in [3.8, 4) is 0 Å². The summed E-state index contributed by atoms with van der Waals surface area (Å²) >= 11 is 0. The molecular formula is C12H14BO3. The second-order valence-electron chi connectivity index (χ2n) is 4.62. The van der Waals surface area contributed by atoms with Crippen LogP contribution >= 0.6 is 0 Å². The number of carbonyl (C=O) groups is 1. The highest BCUT2D eigenvalue weighted by Crippen LogP contribution is 2.60. The normalized spacial score (nSPS) is 34.3. The van der Waals surface area contributed by atoms with Crippen LogP contribution in [0.4, 0.5) is 0 Å². The molecule has 4 heteroatoms. The second kappa shape index (κ2) is 3.86. The van der Waals surface area contributed by atoms with Crippen molar-refractivity contribution in [2.75, 3.05) is 13.2 Å². The Bertz CT molecular complexity index is 386. The van der Waals surface area contributed by atoms with Crippen molar-refractivity contribution >= 4 is 13.6 Å². The van der Waals surface area contributed by atoms with E-state index in [-0.39, 0.29) is 5.92 Å².